The third-order valence-electron chi connectivity index (χ3n) is 4.08. The van der Waals surface area contributed by atoms with E-state index < -0.39 is 0 Å². The molecule has 4 N–H and O–H groups in total. The Morgan fingerprint density at radius 1 is 0.643 bits per heavy atom. The van der Waals surface area contributed by atoms with E-state index in [1.54, 1.807) is 0 Å². The van der Waals surface area contributed by atoms with Crippen LogP contribution >= 0.6 is 0 Å². The number of hydrogen-bond donors (Lipinski definition) is 2. The minimum atomic E-state index is 0.0835. The summed E-state index contributed by atoms with van der Waals surface area (Å²) in [6.45, 7) is 11.4. The van der Waals surface area contributed by atoms with Gasteiger partial charge < -0.3 is 30.2 Å². The number of hydrogen-bond acceptors (Lipinski definition) is 4. The highest BCUT2D eigenvalue weighted by atomic mass is 16.1. The predicted octanol–water partition coefficient (Wildman–Crippen LogP) is 3.38. The highest BCUT2D eigenvalue weighted by Gasteiger charge is 1.95. The van der Waals surface area contributed by atoms with Gasteiger partial charge in [0.05, 0.1) is 0 Å². The van der Waals surface area contributed by atoms with E-state index in [-0.39, 0.29) is 11.6 Å². The quantitative estimate of drug-likeness (QED) is 0.834. The van der Waals surface area contributed by atoms with E-state index in [4.69, 9.17) is 0 Å². The smallest absolute Gasteiger partial charge is 0.130 e. The number of nitrogens with two attached hydrogens (primary N) is 2. The molecular formula is C22H42N4O2. The zero-order chi connectivity index (χ0) is 22.9. The summed E-state index contributed by atoms with van der Waals surface area (Å²) in [5, 5.41) is 0. The van der Waals surface area contributed by atoms with Gasteiger partial charge in [0.2, 0.25) is 0 Å². The number of rotatable bonds is 3. The van der Waals surface area contributed by atoms with Crippen LogP contribution < -0.4 is 11.5 Å². The number of carbonyl (C=O) groups is 2. The van der Waals surface area contributed by atoms with E-state index in [0.29, 0.717) is 12.8 Å². The maximum absolute atomic E-state index is 10.2. The molecule has 0 unspecified atom stereocenters. The molecule has 2 heterocycles. The molecule has 6 heteroatoms. The first-order chi connectivity index (χ1) is 13.1. The molecule has 0 aliphatic rings. The Morgan fingerprint density at radius 3 is 0.893 bits per heavy atom. The second-order valence-electron chi connectivity index (χ2n) is 6.25. The van der Waals surface area contributed by atoms with Crippen molar-refractivity contribution in [2.75, 3.05) is 14.1 Å². The summed E-state index contributed by atoms with van der Waals surface area (Å²) >= 11 is 0. The number of aromatic nitrogens is 2. The molecule has 0 saturated carbocycles. The first-order valence-corrected chi connectivity index (χ1v) is 9.38. The zero-order valence-electron chi connectivity index (χ0n) is 19.6. The Balaban J connectivity index is -0.000000307. The summed E-state index contributed by atoms with van der Waals surface area (Å²) in [5.41, 5.74) is 14.3. The van der Waals surface area contributed by atoms with Crippen LogP contribution in [-0.4, -0.2) is 34.8 Å². The number of aryl methyl sites for hydroxylation is 4. The van der Waals surface area contributed by atoms with Crippen molar-refractivity contribution < 1.29 is 9.59 Å². The van der Waals surface area contributed by atoms with E-state index in [1.165, 1.54) is 50.7 Å². The van der Waals surface area contributed by atoms with Crippen molar-refractivity contribution >= 4 is 11.6 Å². The van der Waals surface area contributed by atoms with Gasteiger partial charge in [0, 0.05) is 49.7 Å². The summed E-state index contributed by atoms with van der Waals surface area (Å²) < 4.78 is 4.33. The lowest BCUT2D eigenvalue weighted by Gasteiger charge is -1.96. The van der Waals surface area contributed by atoms with Crippen molar-refractivity contribution in [3.8, 4) is 0 Å². The van der Waals surface area contributed by atoms with E-state index in [9.17, 15) is 9.59 Å². The lowest BCUT2D eigenvalue weighted by Crippen LogP contribution is -1.95. The third kappa shape index (κ3) is 14.9. The van der Waals surface area contributed by atoms with Crippen molar-refractivity contribution in [1.29, 1.82) is 0 Å². The molecule has 0 aliphatic carbocycles. The van der Waals surface area contributed by atoms with Gasteiger partial charge in [0.1, 0.15) is 11.6 Å². The van der Waals surface area contributed by atoms with E-state index in [1.807, 2.05) is 0 Å². The summed E-state index contributed by atoms with van der Waals surface area (Å²) in [6, 6.07) is 8.48. The topological polar surface area (TPSA) is 96.0 Å². The van der Waals surface area contributed by atoms with Crippen LogP contribution in [0.5, 0.6) is 0 Å². The van der Waals surface area contributed by atoms with E-state index >= 15 is 0 Å². The van der Waals surface area contributed by atoms with Gasteiger partial charge in [-0.05, 0) is 79.9 Å². The van der Waals surface area contributed by atoms with Crippen LogP contribution in [0.4, 0.5) is 0 Å². The fraction of sp³-hybridized carbons (Fsp3) is 0.545. The average Bonchev–Trinajstić information content (AvgIpc) is 3.14. The summed E-state index contributed by atoms with van der Waals surface area (Å²) in [7, 11) is 7.15. The zero-order valence-corrected chi connectivity index (χ0v) is 19.6. The lowest BCUT2D eigenvalue weighted by atomic mass is 10.2. The molecule has 0 fully saturated rings. The highest BCUT2D eigenvalue weighted by Crippen LogP contribution is 2.02. The van der Waals surface area contributed by atoms with E-state index in [0.717, 1.165) is 0 Å². The Bertz CT molecular complexity index is 573. The lowest BCUT2D eigenvalue weighted by molar-refractivity contribution is -0.122. The van der Waals surface area contributed by atoms with Crippen LogP contribution in [-0.2, 0) is 23.7 Å². The molecule has 28 heavy (non-hydrogen) atoms. The number of nitrogens with zero attached hydrogens (tertiary/aromatic N) is 2. The van der Waals surface area contributed by atoms with Gasteiger partial charge in [-0.15, -0.1) is 0 Å². The maximum atomic E-state index is 10.2. The maximum Gasteiger partial charge on any atom is 0.130 e. The molecule has 0 atom stereocenters. The minimum Gasteiger partial charge on any atom is -0.352 e. The Labute approximate surface area is 171 Å². The van der Waals surface area contributed by atoms with Gasteiger partial charge in [-0.3, -0.25) is 0 Å². The van der Waals surface area contributed by atoms with Gasteiger partial charge in [0.15, 0.2) is 0 Å². The van der Waals surface area contributed by atoms with Crippen molar-refractivity contribution in [1.82, 2.24) is 9.13 Å². The third-order valence-corrected chi connectivity index (χ3v) is 4.08. The minimum absolute atomic E-state index is 0.0835. The van der Waals surface area contributed by atoms with Crippen molar-refractivity contribution in [2.45, 2.75) is 54.4 Å². The fourth-order valence-electron chi connectivity index (χ4n) is 1.84. The molecule has 0 aliphatic heterocycles. The number of ketones is 2. The summed E-state index contributed by atoms with van der Waals surface area (Å²) in [5.74, 6) is 0.167. The van der Waals surface area contributed by atoms with Crippen LogP contribution in [0.15, 0.2) is 24.3 Å². The molecule has 0 aromatic carbocycles. The fourth-order valence-corrected chi connectivity index (χ4v) is 1.84. The van der Waals surface area contributed by atoms with Gasteiger partial charge in [-0.1, -0.05) is 0 Å². The van der Waals surface area contributed by atoms with Crippen molar-refractivity contribution in [3.63, 3.8) is 0 Å². The van der Waals surface area contributed by atoms with Gasteiger partial charge in [-0.25, -0.2) is 0 Å². The van der Waals surface area contributed by atoms with Crippen LogP contribution in [0.25, 0.3) is 0 Å². The summed E-state index contributed by atoms with van der Waals surface area (Å²) in [6.07, 6.45) is 0.796. The molecule has 0 amide bonds. The monoisotopic (exact) mass is 394 g/mol. The summed E-state index contributed by atoms with van der Waals surface area (Å²) in [4.78, 5) is 20.4. The van der Waals surface area contributed by atoms with Gasteiger partial charge >= 0.3 is 0 Å². The van der Waals surface area contributed by atoms with E-state index in [2.05, 4.69) is 86.7 Å². The van der Waals surface area contributed by atoms with Crippen molar-refractivity contribution in [2.24, 2.45) is 25.6 Å². The molecule has 2 aromatic heterocycles. The molecule has 0 radical (unpaired) electrons. The van der Waals surface area contributed by atoms with Crippen molar-refractivity contribution in [3.05, 3.63) is 47.0 Å². The van der Waals surface area contributed by atoms with Crippen LogP contribution in [0.2, 0.25) is 0 Å². The first kappa shape index (κ1) is 30.5. The second-order valence-corrected chi connectivity index (χ2v) is 6.25. The molecule has 162 valence electrons. The molecule has 0 spiro atoms. The molecule has 0 bridgehead atoms. The second kappa shape index (κ2) is 18.2. The molecular weight excluding hydrogens is 352 g/mol. The van der Waals surface area contributed by atoms with Crippen LogP contribution in [0, 0.1) is 27.7 Å². The van der Waals surface area contributed by atoms with Gasteiger partial charge in [0.25, 0.3) is 0 Å². The molecule has 0 saturated heterocycles. The number of carbonyl (C=O) groups excluding carboxylic acids is 2. The van der Waals surface area contributed by atoms with Crippen LogP contribution in [0.1, 0.15) is 49.5 Å². The Morgan fingerprint density at radius 2 is 0.821 bits per heavy atom. The Kier molecular flexibility index (Phi) is 19.8. The standard InChI is InChI=1S/2C7H11N.C6H10O2.2CH5N/c2*1-6-4-5-7(2)8(6)3;1-5(7)3-4-6(2)8;2*1-2/h2*4-5H,1-3H3;3-4H2,1-2H3;2*2H2,1H3. The van der Waals surface area contributed by atoms with Crippen LogP contribution in [0.3, 0.4) is 0 Å². The first-order valence-electron chi connectivity index (χ1n) is 9.38. The average molecular weight is 395 g/mol. The predicted molar refractivity (Wildman–Crippen MR) is 121 cm³/mol. The number of Topliss-reactive ketones (excluding diaryl/α,β-unsaturated/α-hetero) is 2. The molecule has 6 nitrogen and oxygen atoms in total. The molecule has 2 aromatic rings. The Hall–Kier alpha value is -2.18. The largest absolute Gasteiger partial charge is 0.352 e. The SMILES string of the molecule is CC(=O)CCC(C)=O.CN.CN.Cc1ccc(C)n1C.Cc1ccc(C)n1C. The highest BCUT2D eigenvalue weighted by molar-refractivity contribution is 5.83. The molecule has 2 rings (SSSR count). The normalized spacial score (nSPS) is 8.57. The van der Waals surface area contributed by atoms with Gasteiger partial charge in [-0.2, -0.15) is 0 Å².